The number of halogens is 1. The van der Waals surface area contributed by atoms with E-state index in [1.165, 1.54) is 0 Å². The van der Waals surface area contributed by atoms with Gasteiger partial charge < -0.3 is 15.6 Å². The molecule has 0 bridgehead atoms. The van der Waals surface area contributed by atoms with E-state index >= 15 is 0 Å². The number of carboxylic acids is 1. The molecule has 0 unspecified atom stereocenters. The molecule has 0 saturated heterocycles. The lowest BCUT2D eigenvalue weighted by Crippen LogP contribution is -2.12. The minimum absolute atomic E-state index is 0.000309. The average molecular weight is 218 g/mol. The second-order valence-corrected chi connectivity index (χ2v) is 2.82. The monoisotopic (exact) mass is 217 g/mol. The summed E-state index contributed by atoms with van der Waals surface area (Å²) in [6.45, 7) is 1.08. The second-order valence-electron chi connectivity index (χ2n) is 2.46. The third-order valence-corrected chi connectivity index (χ3v) is 1.56. The van der Waals surface area contributed by atoms with Crippen LogP contribution >= 0.6 is 11.6 Å². The van der Waals surface area contributed by atoms with Gasteiger partial charge in [-0.05, 0) is 6.92 Å². The molecule has 1 aromatic rings. The van der Waals surface area contributed by atoms with E-state index in [-0.39, 0.29) is 16.7 Å². The van der Waals surface area contributed by atoms with Crippen LogP contribution in [0.4, 0.5) is 5.82 Å². The summed E-state index contributed by atoms with van der Waals surface area (Å²) in [6, 6.07) is 0. The fourth-order valence-corrected chi connectivity index (χ4v) is 1.09. The fourth-order valence-electron chi connectivity index (χ4n) is 0.816. The molecule has 76 valence electrons. The van der Waals surface area contributed by atoms with E-state index < -0.39 is 12.6 Å². The topological polar surface area (TPSA) is 98.3 Å². The van der Waals surface area contributed by atoms with Gasteiger partial charge in [-0.25, -0.2) is 14.8 Å². The number of aromatic nitrogens is 2. The zero-order chi connectivity index (χ0) is 10.7. The molecular weight excluding hydrogens is 210 g/mol. The summed E-state index contributed by atoms with van der Waals surface area (Å²) in [5.74, 6) is -0.695. The van der Waals surface area contributed by atoms with Gasteiger partial charge in [0.2, 0.25) is 0 Å². The Morgan fingerprint density at radius 1 is 1.64 bits per heavy atom. The molecule has 7 heteroatoms. The highest BCUT2D eigenvalue weighted by Gasteiger charge is 2.11. The highest BCUT2D eigenvalue weighted by atomic mass is 35.5. The number of anilines is 1. The molecule has 1 heterocycles. The Hall–Kier alpha value is -1.56. The lowest BCUT2D eigenvalue weighted by Gasteiger charge is -2.07. The van der Waals surface area contributed by atoms with Gasteiger partial charge in [0.15, 0.2) is 23.3 Å². The first-order chi connectivity index (χ1) is 6.50. The molecule has 0 aromatic carbocycles. The number of hydrogen-bond donors (Lipinski definition) is 2. The number of aryl methyl sites for hydroxylation is 1. The van der Waals surface area contributed by atoms with Crippen molar-refractivity contribution in [2.24, 2.45) is 0 Å². The van der Waals surface area contributed by atoms with Gasteiger partial charge in [-0.3, -0.25) is 0 Å². The molecule has 0 radical (unpaired) electrons. The normalized spacial score (nSPS) is 9.86. The van der Waals surface area contributed by atoms with Crippen molar-refractivity contribution >= 4 is 23.4 Å². The molecule has 0 spiro atoms. The summed E-state index contributed by atoms with van der Waals surface area (Å²) in [5.41, 5.74) is 5.45. The first kappa shape index (κ1) is 10.5. The second kappa shape index (κ2) is 4.10. The first-order valence-electron chi connectivity index (χ1n) is 3.65. The lowest BCUT2D eigenvalue weighted by molar-refractivity contribution is -0.139. The largest absolute Gasteiger partial charge is 0.479 e. The van der Waals surface area contributed by atoms with Crippen LogP contribution < -0.4 is 10.5 Å². The molecule has 0 aliphatic carbocycles. The Labute approximate surface area is 84.7 Å². The third kappa shape index (κ3) is 2.46. The smallest absolute Gasteiger partial charge is 0.341 e. The number of ether oxygens (including phenoxy) is 1. The van der Waals surface area contributed by atoms with Gasteiger partial charge in [-0.2, -0.15) is 0 Å². The van der Waals surface area contributed by atoms with E-state index in [4.69, 9.17) is 27.2 Å². The van der Waals surface area contributed by atoms with Gasteiger partial charge in [-0.1, -0.05) is 11.6 Å². The summed E-state index contributed by atoms with van der Waals surface area (Å²) < 4.78 is 4.80. The van der Waals surface area contributed by atoms with Crippen molar-refractivity contribution in [1.29, 1.82) is 0 Å². The predicted molar refractivity (Wildman–Crippen MR) is 49.3 cm³/mol. The maximum Gasteiger partial charge on any atom is 0.341 e. The van der Waals surface area contributed by atoms with Gasteiger partial charge in [0, 0.05) is 0 Å². The summed E-state index contributed by atoms with van der Waals surface area (Å²) in [4.78, 5) is 17.8. The number of nitrogen functional groups attached to an aromatic ring is 1. The molecule has 0 aliphatic rings. The van der Waals surface area contributed by atoms with Gasteiger partial charge in [-0.15, -0.1) is 0 Å². The summed E-state index contributed by atoms with van der Waals surface area (Å²) in [5, 5.41) is 8.37. The molecular formula is C7H8ClN3O3. The predicted octanol–water partition coefficient (Wildman–Crippen LogP) is 0.484. The maximum absolute atomic E-state index is 10.2. The first-order valence-corrected chi connectivity index (χ1v) is 4.02. The van der Waals surface area contributed by atoms with Crippen LogP contribution in [0.1, 0.15) is 5.82 Å². The number of hydrogen-bond acceptors (Lipinski definition) is 5. The van der Waals surface area contributed by atoms with Crippen LogP contribution in [0.2, 0.25) is 5.15 Å². The number of carbonyl (C=O) groups is 1. The zero-order valence-electron chi connectivity index (χ0n) is 7.32. The van der Waals surface area contributed by atoms with E-state index in [2.05, 4.69) is 9.97 Å². The highest BCUT2D eigenvalue weighted by Crippen LogP contribution is 2.27. The molecule has 6 nitrogen and oxygen atoms in total. The van der Waals surface area contributed by atoms with Gasteiger partial charge in [0.1, 0.15) is 5.82 Å². The minimum atomic E-state index is -1.12. The molecule has 1 rings (SSSR count). The van der Waals surface area contributed by atoms with E-state index in [1.54, 1.807) is 6.92 Å². The minimum Gasteiger partial charge on any atom is -0.479 e. The van der Waals surface area contributed by atoms with Crippen molar-refractivity contribution in [3.63, 3.8) is 0 Å². The number of carboxylic acid groups (broad SMARTS) is 1. The van der Waals surface area contributed by atoms with Crippen molar-refractivity contribution in [3.05, 3.63) is 11.0 Å². The Kier molecular flexibility index (Phi) is 3.08. The van der Waals surface area contributed by atoms with Crippen molar-refractivity contribution in [1.82, 2.24) is 9.97 Å². The van der Waals surface area contributed by atoms with Crippen molar-refractivity contribution in [3.8, 4) is 5.75 Å². The Bertz CT molecular complexity index is 346. The molecule has 0 fully saturated rings. The van der Waals surface area contributed by atoms with E-state index in [1.807, 2.05) is 0 Å². The molecule has 0 atom stereocenters. The molecule has 0 aliphatic heterocycles. The lowest BCUT2D eigenvalue weighted by atomic mass is 10.5. The van der Waals surface area contributed by atoms with Crippen molar-refractivity contribution in [2.45, 2.75) is 6.92 Å². The number of rotatable bonds is 3. The van der Waals surface area contributed by atoms with Crippen LogP contribution in [0.15, 0.2) is 0 Å². The van der Waals surface area contributed by atoms with Gasteiger partial charge >= 0.3 is 5.97 Å². The molecule has 14 heavy (non-hydrogen) atoms. The number of nitrogens with zero attached hydrogens (tertiary/aromatic N) is 2. The maximum atomic E-state index is 10.2. The SMILES string of the molecule is Cc1nc(N)c(OCC(=O)O)c(Cl)n1. The molecule has 0 amide bonds. The van der Waals surface area contributed by atoms with Gasteiger partial charge in [0.05, 0.1) is 0 Å². The van der Waals surface area contributed by atoms with E-state index in [0.29, 0.717) is 5.82 Å². The van der Waals surface area contributed by atoms with E-state index in [0.717, 1.165) is 0 Å². The molecule has 3 N–H and O–H groups in total. The zero-order valence-corrected chi connectivity index (χ0v) is 8.08. The van der Waals surface area contributed by atoms with Crippen LogP contribution in [0.25, 0.3) is 0 Å². The van der Waals surface area contributed by atoms with Crippen LogP contribution in [0.3, 0.4) is 0 Å². The van der Waals surface area contributed by atoms with E-state index in [9.17, 15) is 4.79 Å². The van der Waals surface area contributed by atoms with Crippen LogP contribution in [-0.2, 0) is 4.79 Å². The van der Waals surface area contributed by atoms with Crippen LogP contribution in [0, 0.1) is 6.92 Å². The quantitative estimate of drug-likeness (QED) is 0.715. The molecule has 1 aromatic heterocycles. The number of nitrogens with two attached hydrogens (primary N) is 1. The standard InChI is InChI=1S/C7H8ClN3O3/c1-3-10-6(8)5(7(9)11-3)14-2-4(12)13/h2H2,1H3,(H,12,13)(H2,9,10,11). The van der Waals surface area contributed by atoms with Crippen molar-refractivity contribution < 1.29 is 14.6 Å². The molecule has 0 saturated carbocycles. The van der Waals surface area contributed by atoms with Crippen molar-refractivity contribution in [2.75, 3.05) is 12.3 Å². The third-order valence-electron chi connectivity index (χ3n) is 1.30. The summed E-state index contributed by atoms with van der Waals surface area (Å²) in [7, 11) is 0. The highest BCUT2D eigenvalue weighted by molar-refractivity contribution is 6.31. The van der Waals surface area contributed by atoms with Crippen LogP contribution in [0.5, 0.6) is 5.75 Å². The Morgan fingerprint density at radius 2 is 2.29 bits per heavy atom. The Morgan fingerprint density at radius 3 is 2.79 bits per heavy atom. The fraction of sp³-hybridized carbons (Fsp3) is 0.286. The van der Waals surface area contributed by atoms with Gasteiger partial charge in [0.25, 0.3) is 0 Å². The van der Waals surface area contributed by atoms with Crippen LogP contribution in [-0.4, -0.2) is 27.7 Å². The summed E-state index contributed by atoms with van der Waals surface area (Å²) >= 11 is 5.67. The Balaban J connectivity index is 2.91. The average Bonchev–Trinajstić information content (AvgIpc) is 2.01. The summed E-state index contributed by atoms with van der Waals surface area (Å²) in [6.07, 6.45) is 0. The number of aliphatic carboxylic acids is 1.